The van der Waals surface area contributed by atoms with Gasteiger partial charge in [-0.1, -0.05) is 0 Å². The van der Waals surface area contributed by atoms with E-state index in [0.717, 1.165) is 6.07 Å². The molecule has 2 N–H and O–H groups in total. The predicted molar refractivity (Wildman–Crippen MR) is 94.4 cm³/mol. The molecular weight excluding hydrogens is 422 g/mol. The third-order valence-corrected chi connectivity index (χ3v) is 6.01. The van der Waals surface area contributed by atoms with Crippen molar-refractivity contribution in [1.82, 2.24) is 9.03 Å². The zero-order chi connectivity index (χ0) is 22.1. The topological polar surface area (TPSA) is 107 Å². The molecule has 0 aliphatic carbocycles. The van der Waals surface area contributed by atoms with Crippen LogP contribution in [0.1, 0.15) is 33.6 Å². The molecule has 1 amide bonds. The van der Waals surface area contributed by atoms with Crippen molar-refractivity contribution in [2.75, 3.05) is 32.1 Å². The molecule has 162 valence electrons. The first-order valence-electron chi connectivity index (χ1n) is 8.37. The van der Waals surface area contributed by atoms with Crippen LogP contribution in [-0.4, -0.2) is 63.1 Å². The number of anilines is 1. The summed E-state index contributed by atoms with van der Waals surface area (Å²) < 4.78 is 79.3. The van der Waals surface area contributed by atoms with E-state index in [1.54, 1.807) is 4.72 Å². The largest absolute Gasteiger partial charge is 0.478 e. The fraction of sp³-hybridized carbons (Fsp3) is 0.500. The highest BCUT2D eigenvalue weighted by Crippen LogP contribution is 2.34. The van der Waals surface area contributed by atoms with Gasteiger partial charge in [0.1, 0.15) is 5.82 Å². The molecule has 1 aromatic rings. The summed E-state index contributed by atoms with van der Waals surface area (Å²) in [4.78, 5) is 24.8. The van der Waals surface area contributed by atoms with E-state index in [-0.39, 0.29) is 5.69 Å². The van der Waals surface area contributed by atoms with Crippen LogP contribution in [0.2, 0.25) is 0 Å². The minimum Gasteiger partial charge on any atom is -0.478 e. The fourth-order valence-electron chi connectivity index (χ4n) is 2.94. The van der Waals surface area contributed by atoms with E-state index in [0.29, 0.717) is 10.4 Å². The molecule has 0 atom stereocenters. The fourth-order valence-corrected chi connectivity index (χ4v) is 4.10. The van der Waals surface area contributed by atoms with Gasteiger partial charge in [0, 0.05) is 27.2 Å². The smallest absolute Gasteiger partial charge is 0.391 e. The van der Waals surface area contributed by atoms with E-state index in [2.05, 4.69) is 0 Å². The van der Waals surface area contributed by atoms with Crippen LogP contribution in [-0.2, 0) is 10.2 Å². The Morgan fingerprint density at radius 3 is 2.17 bits per heavy atom. The lowest BCUT2D eigenvalue weighted by atomic mass is 9.98. The van der Waals surface area contributed by atoms with Gasteiger partial charge in [0.15, 0.2) is 0 Å². The second kappa shape index (κ2) is 8.14. The Bertz CT molecular complexity index is 910. The maximum absolute atomic E-state index is 14.0. The molecule has 1 aliphatic rings. The molecule has 1 heterocycles. The number of carboxylic acid groups (broad SMARTS) is 1. The van der Waals surface area contributed by atoms with E-state index in [9.17, 15) is 35.6 Å². The zero-order valence-electron chi connectivity index (χ0n) is 15.5. The van der Waals surface area contributed by atoms with Gasteiger partial charge in [-0.05, 0) is 25.0 Å². The molecule has 0 bridgehead atoms. The average Bonchev–Trinajstić information content (AvgIpc) is 2.59. The highest BCUT2D eigenvalue weighted by atomic mass is 32.2. The van der Waals surface area contributed by atoms with Crippen molar-refractivity contribution < 1.29 is 40.7 Å². The predicted octanol–water partition coefficient (Wildman–Crippen LogP) is 1.84. The lowest BCUT2D eigenvalue weighted by molar-refractivity contribution is -0.182. The van der Waals surface area contributed by atoms with E-state index < -0.39 is 77.1 Å². The third-order valence-electron chi connectivity index (χ3n) is 4.52. The van der Waals surface area contributed by atoms with Gasteiger partial charge in [-0.15, -0.1) is 0 Å². The molecule has 1 fully saturated rings. The van der Waals surface area contributed by atoms with Crippen LogP contribution < -0.4 is 9.62 Å². The number of piperidine rings is 1. The Morgan fingerprint density at radius 2 is 1.72 bits per heavy atom. The highest BCUT2D eigenvalue weighted by molar-refractivity contribution is 7.87. The minimum absolute atomic E-state index is 0.0488. The number of alkyl halides is 3. The molecule has 1 aliphatic heterocycles. The number of nitrogens with one attached hydrogen (secondary N) is 1. The summed E-state index contributed by atoms with van der Waals surface area (Å²) in [5.74, 6) is -5.67. The number of carbonyl (C=O) groups is 2. The Morgan fingerprint density at radius 1 is 1.17 bits per heavy atom. The standard InChI is InChI=1S/C16H19F4N3O5S/c1-22(2)13-8-10(15(25)26)12(17)7-11(13)14(24)21-29(27,28)23-5-3-9(4-6-23)16(18,19)20/h7-9H,3-6H2,1-2H3,(H,21,24)(H,25,26). The number of nitrogens with zero attached hydrogens (tertiary/aromatic N) is 2. The Kier molecular flexibility index (Phi) is 6.42. The summed E-state index contributed by atoms with van der Waals surface area (Å²) in [6.45, 7) is -0.862. The molecule has 1 aromatic carbocycles. The Hall–Kier alpha value is -2.41. The number of rotatable bonds is 5. The summed E-state index contributed by atoms with van der Waals surface area (Å²) >= 11 is 0. The van der Waals surface area contributed by atoms with Gasteiger partial charge in [-0.25, -0.2) is 13.9 Å². The van der Waals surface area contributed by atoms with Gasteiger partial charge in [0.05, 0.1) is 22.7 Å². The van der Waals surface area contributed by atoms with Crippen molar-refractivity contribution in [1.29, 1.82) is 0 Å². The van der Waals surface area contributed by atoms with Crippen LogP contribution in [0.5, 0.6) is 0 Å². The van der Waals surface area contributed by atoms with Crippen LogP contribution in [0, 0.1) is 11.7 Å². The quantitative estimate of drug-likeness (QED) is 0.676. The molecule has 8 nitrogen and oxygen atoms in total. The number of benzene rings is 1. The van der Waals surface area contributed by atoms with Crippen LogP contribution in [0.4, 0.5) is 23.2 Å². The van der Waals surface area contributed by atoms with Gasteiger partial charge >= 0.3 is 22.4 Å². The normalized spacial score (nSPS) is 16.5. The molecule has 2 rings (SSSR count). The maximum atomic E-state index is 14.0. The average molecular weight is 441 g/mol. The summed E-state index contributed by atoms with van der Waals surface area (Å²) in [6, 6.07) is 1.48. The van der Waals surface area contributed by atoms with E-state index >= 15 is 0 Å². The molecule has 1 saturated heterocycles. The van der Waals surface area contributed by atoms with E-state index in [1.807, 2.05) is 0 Å². The van der Waals surface area contributed by atoms with Crippen molar-refractivity contribution in [3.05, 3.63) is 29.1 Å². The summed E-state index contributed by atoms with van der Waals surface area (Å²) in [7, 11) is -1.60. The number of halogens is 4. The van der Waals surface area contributed by atoms with Crippen molar-refractivity contribution in [3.63, 3.8) is 0 Å². The van der Waals surface area contributed by atoms with Crippen LogP contribution in [0.15, 0.2) is 12.1 Å². The Balaban J connectivity index is 2.23. The minimum atomic E-state index is -4.47. The first-order chi connectivity index (χ1) is 13.2. The van der Waals surface area contributed by atoms with Crippen LogP contribution >= 0.6 is 0 Å². The van der Waals surface area contributed by atoms with Gasteiger partial charge in [-0.2, -0.15) is 25.9 Å². The second-order valence-corrected chi connectivity index (χ2v) is 8.37. The second-order valence-electron chi connectivity index (χ2n) is 6.70. The Labute approximate surface area is 164 Å². The zero-order valence-corrected chi connectivity index (χ0v) is 16.3. The number of hydrogen-bond acceptors (Lipinski definition) is 5. The molecule has 13 heteroatoms. The summed E-state index contributed by atoms with van der Waals surface area (Å²) in [5, 5.41) is 8.99. The lowest BCUT2D eigenvalue weighted by Crippen LogP contribution is -2.48. The van der Waals surface area contributed by atoms with E-state index in [1.165, 1.54) is 19.0 Å². The van der Waals surface area contributed by atoms with Crippen molar-refractivity contribution >= 4 is 27.8 Å². The number of carboxylic acids is 1. The van der Waals surface area contributed by atoms with Gasteiger partial charge in [-0.3, -0.25) is 4.79 Å². The van der Waals surface area contributed by atoms with Gasteiger partial charge in [0.2, 0.25) is 0 Å². The lowest BCUT2D eigenvalue weighted by Gasteiger charge is -2.32. The SMILES string of the molecule is CN(C)c1cc(C(=O)O)c(F)cc1C(=O)NS(=O)(=O)N1CCC(C(F)(F)F)CC1. The highest BCUT2D eigenvalue weighted by Gasteiger charge is 2.43. The number of amides is 1. The van der Waals surface area contributed by atoms with Crippen LogP contribution in [0.25, 0.3) is 0 Å². The van der Waals surface area contributed by atoms with Crippen LogP contribution in [0.3, 0.4) is 0 Å². The molecule has 0 aromatic heterocycles. The van der Waals surface area contributed by atoms with Crippen molar-refractivity contribution in [3.8, 4) is 0 Å². The molecule has 0 radical (unpaired) electrons. The third kappa shape index (κ3) is 5.15. The molecule has 0 saturated carbocycles. The van der Waals surface area contributed by atoms with Gasteiger partial charge in [0.25, 0.3) is 5.91 Å². The van der Waals surface area contributed by atoms with Crippen molar-refractivity contribution in [2.45, 2.75) is 19.0 Å². The monoisotopic (exact) mass is 441 g/mol. The first-order valence-corrected chi connectivity index (χ1v) is 9.81. The summed E-state index contributed by atoms with van der Waals surface area (Å²) in [6.07, 6.45) is -5.31. The van der Waals surface area contributed by atoms with Crippen molar-refractivity contribution in [2.24, 2.45) is 5.92 Å². The maximum Gasteiger partial charge on any atom is 0.391 e. The molecule has 29 heavy (non-hydrogen) atoms. The molecule has 0 unspecified atom stereocenters. The van der Waals surface area contributed by atoms with E-state index in [4.69, 9.17) is 5.11 Å². The summed E-state index contributed by atoms with van der Waals surface area (Å²) in [5.41, 5.74) is -1.19. The first kappa shape index (κ1) is 22.9. The number of carbonyl (C=O) groups excluding carboxylic acids is 1. The molecule has 0 spiro atoms. The number of hydrogen-bond donors (Lipinski definition) is 2. The van der Waals surface area contributed by atoms with Gasteiger partial charge < -0.3 is 10.0 Å². The molecular formula is C16H19F4N3O5S. The number of aromatic carboxylic acids is 1.